The van der Waals surface area contributed by atoms with Crippen LogP contribution < -0.4 is 9.47 Å². The van der Waals surface area contributed by atoms with Crippen molar-refractivity contribution in [3.8, 4) is 11.5 Å². The monoisotopic (exact) mass is 388 g/mol. The van der Waals surface area contributed by atoms with Crippen molar-refractivity contribution in [1.82, 2.24) is 0 Å². The summed E-state index contributed by atoms with van der Waals surface area (Å²) in [5.74, 6) is 0.300. The largest absolute Gasteiger partial charge is 0.493 e. The lowest BCUT2D eigenvalue weighted by Gasteiger charge is -2.10. The molecule has 25 heavy (non-hydrogen) atoms. The number of benzene rings is 1. The first-order chi connectivity index (χ1) is 11.8. The van der Waals surface area contributed by atoms with E-state index in [1.165, 1.54) is 32.0 Å². The molecule has 9 heteroatoms. The highest BCUT2D eigenvalue weighted by Crippen LogP contribution is 2.28. The van der Waals surface area contributed by atoms with Gasteiger partial charge in [-0.2, -0.15) is 0 Å². The summed E-state index contributed by atoms with van der Waals surface area (Å²) >= 11 is 1.25. The molecule has 138 valence electrons. The zero-order chi connectivity index (χ0) is 18.4. The summed E-state index contributed by atoms with van der Waals surface area (Å²) in [6.45, 7) is -0.377. The number of thioether (sulfide) groups is 1. The van der Waals surface area contributed by atoms with Crippen molar-refractivity contribution in [1.29, 1.82) is 0 Å². The first-order valence-corrected chi connectivity index (χ1v) is 10.4. The summed E-state index contributed by atoms with van der Waals surface area (Å²) in [6.07, 6.45) is 0.546. The van der Waals surface area contributed by atoms with E-state index >= 15 is 0 Å². The van der Waals surface area contributed by atoms with Gasteiger partial charge in [0, 0.05) is 10.8 Å². The fourth-order valence-corrected chi connectivity index (χ4v) is 5.80. The van der Waals surface area contributed by atoms with E-state index in [1.54, 1.807) is 12.1 Å². The molecular formula is C16H20O7S2. The molecule has 1 aromatic carbocycles. The van der Waals surface area contributed by atoms with Crippen molar-refractivity contribution in [2.24, 2.45) is 0 Å². The van der Waals surface area contributed by atoms with Gasteiger partial charge in [-0.25, -0.2) is 8.42 Å². The van der Waals surface area contributed by atoms with Crippen LogP contribution in [0.4, 0.5) is 0 Å². The van der Waals surface area contributed by atoms with Crippen molar-refractivity contribution in [3.05, 3.63) is 23.8 Å². The molecule has 0 N–H and O–H groups in total. The second-order valence-electron chi connectivity index (χ2n) is 5.49. The number of carbonyl (C=O) groups is 2. The van der Waals surface area contributed by atoms with Crippen LogP contribution in [0.15, 0.2) is 18.2 Å². The van der Waals surface area contributed by atoms with Gasteiger partial charge < -0.3 is 14.2 Å². The van der Waals surface area contributed by atoms with Gasteiger partial charge in [0.2, 0.25) is 0 Å². The number of Topliss-reactive ketones (excluding diaryl/α,β-unsaturated/α-hetero) is 1. The van der Waals surface area contributed by atoms with Gasteiger partial charge in [-0.05, 0) is 24.6 Å². The van der Waals surface area contributed by atoms with Crippen LogP contribution >= 0.6 is 11.8 Å². The minimum Gasteiger partial charge on any atom is -0.493 e. The van der Waals surface area contributed by atoms with Gasteiger partial charge in [-0.1, -0.05) is 0 Å². The molecule has 1 aliphatic rings. The van der Waals surface area contributed by atoms with Gasteiger partial charge in [0.15, 0.2) is 33.7 Å². The van der Waals surface area contributed by atoms with E-state index in [0.717, 1.165) is 0 Å². The van der Waals surface area contributed by atoms with Crippen LogP contribution in [0.25, 0.3) is 0 Å². The quantitative estimate of drug-likeness (QED) is 0.486. The minimum absolute atomic E-state index is 0.0272. The third-order valence-corrected chi connectivity index (χ3v) is 6.95. The predicted molar refractivity (Wildman–Crippen MR) is 94.4 cm³/mol. The van der Waals surface area contributed by atoms with Crippen molar-refractivity contribution < 1.29 is 32.2 Å². The van der Waals surface area contributed by atoms with Crippen LogP contribution in [0.3, 0.4) is 0 Å². The van der Waals surface area contributed by atoms with Gasteiger partial charge in [0.25, 0.3) is 0 Å². The second-order valence-corrected chi connectivity index (χ2v) is 9.01. The van der Waals surface area contributed by atoms with Gasteiger partial charge in [-0.3, -0.25) is 9.59 Å². The molecule has 0 amide bonds. The summed E-state index contributed by atoms with van der Waals surface area (Å²) in [7, 11) is -0.00741. The van der Waals surface area contributed by atoms with Crippen LogP contribution in [-0.2, 0) is 19.4 Å². The normalized spacial score (nSPS) is 18.6. The number of sulfone groups is 1. The molecular weight excluding hydrogens is 368 g/mol. The topological polar surface area (TPSA) is 96.0 Å². The number of hydrogen-bond acceptors (Lipinski definition) is 8. The molecule has 1 heterocycles. The summed E-state index contributed by atoms with van der Waals surface area (Å²) in [6, 6.07) is 4.69. The van der Waals surface area contributed by atoms with Crippen molar-refractivity contribution >= 4 is 33.4 Å². The molecule has 1 saturated heterocycles. The molecule has 0 radical (unpaired) electrons. The zero-order valence-electron chi connectivity index (χ0n) is 14.0. The molecule has 0 unspecified atom stereocenters. The smallest absolute Gasteiger partial charge is 0.316 e. The Morgan fingerprint density at radius 2 is 1.92 bits per heavy atom. The first kappa shape index (κ1) is 19.6. The Kier molecular flexibility index (Phi) is 6.71. The maximum atomic E-state index is 12.1. The van der Waals surface area contributed by atoms with Crippen LogP contribution in [0.1, 0.15) is 16.8 Å². The summed E-state index contributed by atoms with van der Waals surface area (Å²) in [5, 5.41) is -0.0842. The van der Waals surface area contributed by atoms with E-state index in [0.29, 0.717) is 23.5 Å². The third kappa shape index (κ3) is 5.64. The van der Waals surface area contributed by atoms with Gasteiger partial charge in [0.1, 0.15) is 0 Å². The van der Waals surface area contributed by atoms with Crippen LogP contribution in [0, 0.1) is 0 Å². The Morgan fingerprint density at radius 1 is 1.20 bits per heavy atom. The number of esters is 1. The first-order valence-electron chi connectivity index (χ1n) is 7.57. The molecule has 1 fully saturated rings. The maximum Gasteiger partial charge on any atom is 0.316 e. The second kappa shape index (κ2) is 8.57. The molecule has 2 rings (SSSR count). The van der Waals surface area contributed by atoms with Crippen LogP contribution in [-0.4, -0.2) is 63.5 Å². The third-order valence-electron chi connectivity index (χ3n) is 3.70. The molecule has 0 saturated carbocycles. The molecule has 0 aromatic heterocycles. The summed E-state index contributed by atoms with van der Waals surface area (Å²) < 4.78 is 37.9. The van der Waals surface area contributed by atoms with Crippen molar-refractivity contribution in [2.45, 2.75) is 11.7 Å². The van der Waals surface area contributed by atoms with E-state index in [9.17, 15) is 18.0 Å². The lowest BCUT2D eigenvalue weighted by atomic mass is 10.1. The number of ketones is 1. The number of rotatable bonds is 8. The summed E-state index contributed by atoms with van der Waals surface area (Å²) in [4.78, 5) is 23.8. The number of carbonyl (C=O) groups excluding carboxylic acids is 2. The van der Waals surface area contributed by atoms with Gasteiger partial charge >= 0.3 is 5.97 Å². The number of methoxy groups -OCH3 is 2. The summed E-state index contributed by atoms with van der Waals surface area (Å²) in [5.41, 5.74) is 0.347. The van der Waals surface area contributed by atoms with E-state index in [-0.39, 0.29) is 34.9 Å². The minimum atomic E-state index is -2.97. The van der Waals surface area contributed by atoms with E-state index in [1.807, 2.05) is 0 Å². The van der Waals surface area contributed by atoms with Gasteiger partial charge in [0.05, 0.1) is 31.5 Å². The number of ether oxygens (including phenoxy) is 3. The predicted octanol–water partition coefficient (Wildman–Crippen LogP) is 1.35. The highest BCUT2D eigenvalue weighted by Gasteiger charge is 2.28. The molecule has 1 aliphatic heterocycles. The molecule has 0 bridgehead atoms. The molecule has 1 aromatic rings. The maximum absolute atomic E-state index is 12.1. The van der Waals surface area contributed by atoms with Crippen molar-refractivity contribution in [2.75, 3.05) is 38.1 Å². The highest BCUT2D eigenvalue weighted by molar-refractivity contribution is 8.02. The Bertz CT molecular complexity index is 743. The fourth-order valence-electron chi connectivity index (χ4n) is 2.36. The highest BCUT2D eigenvalue weighted by atomic mass is 32.2. The molecule has 0 spiro atoms. The van der Waals surface area contributed by atoms with E-state index < -0.39 is 15.8 Å². The average Bonchev–Trinajstić information content (AvgIpc) is 2.96. The Balaban J connectivity index is 1.80. The SMILES string of the molecule is COc1ccc(C(=O)COC(=O)CS[C@@H]2CCS(=O)(=O)C2)cc1OC. The zero-order valence-corrected chi connectivity index (χ0v) is 15.7. The van der Waals surface area contributed by atoms with E-state index in [2.05, 4.69) is 0 Å². The number of hydrogen-bond donors (Lipinski definition) is 0. The van der Waals surface area contributed by atoms with Gasteiger partial charge in [-0.15, -0.1) is 11.8 Å². The van der Waals surface area contributed by atoms with Crippen LogP contribution in [0.2, 0.25) is 0 Å². The molecule has 7 nitrogen and oxygen atoms in total. The lowest BCUT2D eigenvalue weighted by molar-refractivity contribution is -0.139. The Labute approximate surface area is 150 Å². The Morgan fingerprint density at radius 3 is 2.52 bits per heavy atom. The molecule has 1 atom stereocenters. The average molecular weight is 388 g/mol. The Hall–Kier alpha value is -1.74. The molecule has 0 aliphatic carbocycles. The van der Waals surface area contributed by atoms with Crippen LogP contribution in [0.5, 0.6) is 11.5 Å². The standard InChI is InChI=1S/C16H20O7S2/c1-21-14-4-3-11(7-15(14)22-2)13(17)8-23-16(18)9-24-12-5-6-25(19,20)10-12/h3-4,7,12H,5-6,8-10H2,1-2H3/t12-/m1/s1. The fraction of sp³-hybridized carbons (Fsp3) is 0.500. The van der Waals surface area contributed by atoms with E-state index in [4.69, 9.17) is 14.2 Å². The van der Waals surface area contributed by atoms with Crippen molar-refractivity contribution in [3.63, 3.8) is 0 Å². The lowest BCUT2D eigenvalue weighted by Crippen LogP contribution is -2.17.